The molecule has 1 saturated heterocycles. The number of carbonyl (C=O) groups is 1. The summed E-state index contributed by atoms with van der Waals surface area (Å²) in [4.78, 5) is 11.7. The Kier molecular flexibility index (Phi) is 11.2. The van der Waals surface area contributed by atoms with E-state index in [-0.39, 0.29) is 23.0 Å². The van der Waals surface area contributed by atoms with Crippen molar-refractivity contribution in [3.63, 3.8) is 0 Å². The number of hydrogen-bond acceptors (Lipinski definition) is 9. The lowest BCUT2D eigenvalue weighted by atomic mass is 9.95. The summed E-state index contributed by atoms with van der Waals surface area (Å²) >= 11 is 0. The summed E-state index contributed by atoms with van der Waals surface area (Å²) in [6.45, 7) is 7.26. The van der Waals surface area contributed by atoms with Gasteiger partial charge in [-0.3, -0.25) is 4.79 Å². The van der Waals surface area contributed by atoms with Crippen LogP contribution in [0.3, 0.4) is 0 Å². The largest absolute Gasteiger partial charge is 0.416 e. The zero-order valence-corrected chi connectivity index (χ0v) is 26.2. The van der Waals surface area contributed by atoms with Gasteiger partial charge in [0.25, 0.3) is 5.91 Å². The Morgan fingerprint density at radius 1 is 0.979 bits per heavy atom. The Hall–Kier alpha value is -5.05. The first kappa shape index (κ1) is 34.3. The molecule has 252 valence electrons. The van der Waals surface area contributed by atoms with E-state index in [9.17, 15) is 22.4 Å². The maximum absolute atomic E-state index is 14.7. The lowest BCUT2D eigenvalue weighted by Gasteiger charge is -2.27. The van der Waals surface area contributed by atoms with E-state index in [2.05, 4.69) is 31.4 Å². The van der Waals surface area contributed by atoms with Gasteiger partial charge in [0.15, 0.2) is 0 Å². The minimum atomic E-state index is -4.40. The Bertz CT molecular complexity index is 1770. The van der Waals surface area contributed by atoms with E-state index in [1.54, 1.807) is 13.0 Å². The first-order valence-corrected chi connectivity index (χ1v) is 15.1. The molecule has 10 nitrogen and oxygen atoms in total. The van der Waals surface area contributed by atoms with Gasteiger partial charge in [-0.2, -0.15) is 13.2 Å². The van der Waals surface area contributed by atoms with Crippen LogP contribution in [0, 0.1) is 12.7 Å². The van der Waals surface area contributed by atoms with Crippen LogP contribution in [0.4, 0.5) is 29.1 Å². The van der Waals surface area contributed by atoms with E-state index in [4.69, 9.17) is 13.8 Å². The number of hydrogen-bond donors (Lipinski definition) is 3. The first-order valence-electron chi connectivity index (χ1n) is 15.1. The predicted octanol–water partition coefficient (Wildman–Crippen LogP) is 7.09. The Morgan fingerprint density at radius 3 is 2.35 bits per heavy atom. The number of halogens is 4. The number of amides is 1. The molecule has 0 aliphatic carbocycles. The van der Waals surface area contributed by atoms with Gasteiger partial charge in [0.2, 0.25) is 5.88 Å². The highest BCUT2D eigenvalue weighted by Crippen LogP contribution is 2.31. The molecule has 6 rings (SSSR count). The lowest BCUT2D eigenvalue weighted by Crippen LogP contribution is -2.47. The van der Waals surface area contributed by atoms with Gasteiger partial charge in [-0.1, -0.05) is 59.7 Å². The second-order valence-electron chi connectivity index (χ2n) is 10.9. The van der Waals surface area contributed by atoms with Crippen LogP contribution >= 0.6 is 0 Å². The number of hydrazine groups is 1. The van der Waals surface area contributed by atoms with E-state index >= 15 is 0 Å². The quantitative estimate of drug-likeness (QED) is 0.112. The molecule has 0 spiro atoms. The van der Waals surface area contributed by atoms with Crippen LogP contribution in [-0.2, 0) is 10.9 Å². The molecule has 3 aromatic carbocycles. The molecule has 1 amide bonds. The fourth-order valence-electron chi connectivity index (χ4n) is 4.82. The molecule has 3 N–H and O–H groups in total. The van der Waals surface area contributed by atoms with Crippen LogP contribution < -0.4 is 16.1 Å². The molecule has 1 aliphatic rings. The fourth-order valence-corrected chi connectivity index (χ4v) is 4.82. The molecule has 1 atom stereocenters. The Morgan fingerprint density at radius 2 is 1.71 bits per heavy atom. The van der Waals surface area contributed by atoms with Crippen LogP contribution in [0.25, 0.3) is 11.1 Å². The van der Waals surface area contributed by atoms with Gasteiger partial charge in [0, 0.05) is 36.3 Å². The highest BCUT2D eigenvalue weighted by atomic mass is 19.4. The van der Waals surface area contributed by atoms with Crippen molar-refractivity contribution >= 4 is 17.5 Å². The number of rotatable bonds is 9. The number of aromatic nitrogens is 2. The summed E-state index contributed by atoms with van der Waals surface area (Å²) in [5, 5.41) is 15.3. The number of morpholine rings is 1. The number of carbonyl (C=O) groups excluding carboxylic acids is 1. The molecule has 5 aromatic rings. The summed E-state index contributed by atoms with van der Waals surface area (Å²) in [6, 6.07) is 20.9. The average Bonchev–Trinajstić information content (AvgIpc) is 3.74. The van der Waals surface area contributed by atoms with Crippen molar-refractivity contribution in [2.45, 2.75) is 25.9 Å². The highest BCUT2D eigenvalue weighted by molar-refractivity contribution is 6.04. The van der Waals surface area contributed by atoms with Gasteiger partial charge in [-0.25, -0.2) is 14.8 Å². The monoisotopic (exact) mass is 666 g/mol. The number of alkyl halides is 3. The van der Waals surface area contributed by atoms with Crippen molar-refractivity contribution < 1.29 is 36.1 Å². The molecule has 14 heteroatoms. The third-order valence-corrected chi connectivity index (χ3v) is 7.59. The summed E-state index contributed by atoms with van der Waals surface area (Å²) in [5.74, 6) is 0.106. The molecule has 0 bridgehead atoms. The zero-order valence-electron chi connectivity index (χ0n) is 26.2. The minimum absolute atomic E-state index is 0.0826. The SMILES string of the molecule is C[C@@H](c1ccc(-c2ccccc2)c(F)c1)c1cc(NCNN2CCOCC2)on1.Cc1oncc1C(=O)Nc1ccc(C(F)(F)F)cc1. The predicted molar refractivity (Wildman–Crippen MR) is 171 cm³/mol. The Balaban J connectivity index is 0.000000206. The van der Waals surface area contributed by atoms with Crippen molar-refractivity contribution in [1.29, 1.82) is 0 Å². The zero-order chi connectivity index (χ0) is 34.1. The van der Waals surface area contributed by atoms with Crippen molar-refractivity contribution in [3.05, 3.63) is 119 Å². The fraction of sp³-hybridized carbons (Fsp3) is 0.265. The number of ether oxygens (including phenoxy) is 1. The molecule has 1 aliphatic heterocycles. The second-order valence-corrected chi connectivity index (χ2v) is 10.9. The Labute approximate surface area is 274 Å². The molecule has 0 unspecified atom stereocenters. The number of nitrogens with one attached hydrogen (secondary N) is 3. The standard InChI is InChI=1S/C22H25FN4O2.C12H9F3N2O2/c1-16(18-7-8-19(20(23)13-18)17-5-3-2-4-6-17)21-14-22(29-26-21)24-15-25-27-9-11-28-12-10-27;1-7-10(6-16-19-7)11(18)17-9-4-2-8(3-5-9)12(13,14)15/h2-8,13-14,16,24-25H,9-12,15H2,1H3;2-6H,1H3,(H,17,18)/t16-;/m0./s1. The van der Waals surface area contributed by atoms with Crippen molar-refractivity contribution in [1.82, 2.24) is 20.7 Å². The molecule has 48 heavy (non-hydrogen) atoms. The number of nitrogens with zero attached hydrogens (tertiary/aromatic N) is 3. The molecule has 1 fully saturated rings. The number of anilines is 2. The number of aryl methyl sites for hydroxylation is 1. The summed E-state index contributed by atoms with van der Waals surface area (Å²) < 4.78 is 67.2. The maximum atomic E-state index is 14.7. The van der Waals surface area contributed by atoms with Gasteiger partial charge in [-0.05, 0) is 48.4 Å². The van der Waals surface area contributed by atoms with Crippen LogP contribution in [-0.4, -0.2) is 54.2 Å². The third-order valence-electron chi connectivity index (χ3n) is 7.59. The number of benzene rings is 3. The van der Waals surface area contributed by atoms with Gasteiger partial charge < -0.3 is 24.4 Å². The lowest BCUT2D eigenvalue weighted by molar-refractivity contribution is -0.137. The summed E-state index contributed by atoms with van der Waals surface area (Å²) in [5.41, 5.74) is 6.07. The van der Waals surface area contributed by atoms with E-state index in [1.165, 1.54) is 18.3 Å². The smallest absolute Gasteiger partial charge is 0.379 e. The van der Waals surface area contributed by atoms with Gasteiger partial charge in [0.05, 0.1) is 37.3 Å². The van der Waals surface area contributed by atoms with Gasteiger partial charge in [0.1, 0.15) is 17.1 Å². The van der Waals surface area contributed by atoms with Crippen LogP contribution in [0.1, 0.15) is 45.8 Å². The summed E-state index contributed by atoms with van der Waals surface area (Å²) in [6.07, 6.45) is -3.15. The minimum Gasteiger partial charge on any atom is -0.379 e. The van der Waals surface area contributed by atoms with Crippen molar-refractivity contribution in [2.75, 3.05) is 43.6 Å². The van der Waals surface area contributed by atoms with E-state index in [1.807, 2.05) is 55.5 Å². The highest BCUT2D eigenvalue weighted by Gasteiger charge is 2.30. The van der Waals surface area contributed by atoms with E-state index in [0.717, 1.165) is 55.3 Å². The molecule has 0 saturated carbocycles. The molecular formula is C34H34F4N6O4. The molecule has 3 heterocycles. The molecule has 0 radical (unpaired) electrons. The van der Waals surface area contributed by atoms with Crippen molar-refractivity contribution in [2.24, 2.45) is 0 Å². The molecule has 2 aromatic heterocycles. The maximum Gasteiger partial charge on any atom is 0.416 e. The van der Waals surface area contributed by atoms with Crippen LogP contribution in [0.5, 0.6) is 0 Å². The first-order chi connectivity index (χ1) is 23.1. The van der Waals surface area contributed by atoms with E-state index in [0.29, 0.717) is 23.9 Å². The average molecular weight is 667 g/mol. The third kappa shape index (κ3) is 9.06. The second kappa shape index (κ2) is 15.7. The van der Waals surface area contributed by atoms with E-state index < -0.39 is 17.6 Å². The summed E-state index contributed by atoms with van der Waals surface area (Å²) in [7, 11) is 0. The topological polar surface area (TPSA) is 118 Å². The van der Waals surface area contributed by atoms with Crippen LogP contribution in [0.15, 0.2) is 94.1 Å². The van der Waals surface area contributed by atoms with Crippen LogP contribution in [0.2, 0.25) is 0 Å². The normalized spacial score (nSPS) is 14.1. The van der Waals surface area contributed by atoms with Crippen molar-refractivity contribution in [3.8, 4) is 11.1 Å². The molecular weight excluding hydrogens is 632 g/mol. The van der Waals surface area contributed by atoms with Gasteiger partial charge >= 0.3 is 6.18 Å². The van der Waals surface area contributed by atoms with Gasteiger partial charge in [-0.15, -0.1) is 0 Å².